The van der Waals surface area contributed by atoms with Gasteiger partial charge in [0, 0.05) is 11.8 Å². The third-order valence-electron chi connectivity index (χ3n) is 5.85. The Morgan fingerprint density at radius 2 is 1.10 bits per heavy atom. The van der Waals surface area contributed by atoms with Crippen LogP contribution < -0.4 is 0 Å². The molecular weight excluding hydrogens is 252 g/mol. The third-order valence-corrected chi connectivity index (χ3v) is 5.85. The monoisotopic (exact) mass is 288 g/mol. The van der Waals surface area contributed by atoms with Gasteiger partial charge in [0.25, 0.3) is 0 Å². The smallest absolute Gasteiger partial charge is 0.0203 e. The second-order valence-electron chi connectivity index (χ2n) is 7.65. The molecule has 0 saturated heterocycles. The first-order valence-electron chi connectivity index (χ1n) is 9.82. The zero-order chi connectivity index (χ0) is 14.9. The average Bonchev–Trinajstić information content (AvgIpc) is 2.53. The van der Waals surface area contributed by atoms with Crippen molar-refractivity contribution in [2.45, 2.75) is 97.3 Å². The highest BCUT2D eigenvalue weighted by Crippen LogP contribution is 2.33. The minimum absolute atomic E-state index is 0.732. The van der Waals surface area contributed by atoms with E-state index in [1.54, 1.807) is 0 Å². The van der Waals surface area contributed by atoms with Gasteiger partial charge >= 0.3 is 0 Å². The van der Waals surface area contributed by atoms with Crippen molar-refractivity contribution in [1.82, 2.24) is 0 Å². The van der Waals surface area contributed by atoms with Gasteiger partial charge in [0.05, 0.1) is 0 Å². The quantitative estimate of drug-likeness (QED) is 0.500. The molecule has 2 fully saturated rings. The van der Waals surface area contributed by atoms with Crippen molar-refractivity contribution in [2.75, 3.05) is 0 Å². The van der Waals surface area contributed by atoms with Crippen molar-refractivity contribution in [2.24, 2.45) is 23.7 Å². The lowest BCUT2D eigenvalue weighted by Gasteiger charge is -2.27. The maximum absolute atomic E-state index is 3.66. The van der Waals surface area contributed by atoms with Crippen LogP contribution in [-0.4, -0.2) is 0 Å². The topological polar surface area (TPSA) is 0 Å². The largest absolute Gasteiger partial charge is 0.0996 e. The second-order valence-corrected chi connectivity index (χ2v) is 7.65. The summed E-state index contributed by atoms with van der Waals surface area (Å²) >= 11 is 0. The molecule has 0 aromatic carbocycles. The molecule has 0 N–H and O–H groups in total. The molecule has 0 aromatic rings. The van der Waals surface area contributed by atoms with Gasteiger partial charge in [0.1, 0.15) is 0 Å². The Kier molecular flexibility index (Phi) is 7.70. The highest BCUT2D eigenvalue weighted by Gasteiger charge is 2.21. The predicted molar refractivity (Wildman–Crippen MR) is 93.1 cm³/mol. The van der Waals surface area contributed by atoms with Crippen molar-refractivity contribution in [3.63, 3.8) is 0 Å². The standard InChI is InChI=1S/C21H36/c1-3-5-7-19-10-14-21(15-11-19)17-16-20-12-8-18(6-4-2)9-13-20/h18-21H,3-15H2,1-2H3/t18-,19-,20-,21-. The summed E-state index contributed by atoms with van der Waals surface area (Å²) in [6, 6.07) is 0. The summed E-state index contributed by atoms with van der Waals surface area (Å²) in [6.45, 7) is 4.63. The molecule has 0 spiro atoms. The normalized spacial score (nSPS) is 33.2. The van der Waals surface area contributed by atoms with Crippen LogP contribution in [0, 0.1) is 35.5 Å². The molecule has 0 unspecified atom stereocenters. The van der Waals surface area contributed by atoms with Crippen LogP contribution >= 0.6 is 0 Å². The Bertz CT molecular complexity index is 316. The molecular formula is C21H36. The lowest BCUT2D eigenvalue weighted by atomic mass is 9.78. The Hall–Kier alpha value is -0.440. The Balaban J connectivity index is 1.65. The van der Waals surface area contributed by atoms with Crippen molar-refractivity contribution in [1.29, 1.82) is 0 Å². The number of hydrogen-bond acceptors (Lipinski definition) is 0. The molecule has 0 aliphatic heterocycles. The molecule has 0 bridgehead atoms. The molecule has 0 atom stereocenters. The highest BCUT2D eigenvalue weighted by molar-refractivity contribution is 5.09. The Morgan fingerprint density at radius 3 is 1.52 bits per heavy atom. The van der Waals surface area contributed by atoms with Gasteiger partial charge in [-0.2, -0.15) is 0 Å². The Morgan fingerprint density at radius 1 is 0.619 bits per heavy atom. The van der Waals surface area contributed by atoms with Crippen LogP contribution in [0.1, 0.15) is 97.3 Å². The number of unbranched alkanes of at least 4 members (excludes halogenated alkanes) is 1. The second kappa shape index (κ2) is 9.55. The van der Waals surface area contributed by atoms with E-state index >= 15 is 0 Å². The zero-order valence-electron chi connectivity index (χ0n) is 14.5. The SMILES string of the molecule is CCCC[C@H]1CC[C@H](C#C[C@H]2CC[C@H](CCC)CC2)CC1. The van der Waals surface area contributed by atoms with Crippen LogP contribution in [0.4, 0.5) is 0 Å². The minimum atomic E-state index is 0.732. The van der Waals surface area contributed by atoms with E-state index in [9.17, 15) is 0 Å². The van der Waals surface area contributed by atoms with E-state index in [1.807, 2.05) is 0 Å². The lowest BCUT2D eigenvalue weighted by Crippen LogP contribution is -2.15. The van der Waals surface area contributed by atoms with Crippen LogP contribution in [0.25, 0.3) is 0 Å². The molecule has 0 radical (unpaired) electrons. The maximum Gasteiger partial charge on any atom is 0.0203 e. The predicted octanol–water partition coefficient (Wildman–Crippen LogP) is 6.59. The van der Waals surface area contributed by atoms with E-state index < -0.39 is 0 Å². The summed E-state index contributed by atoms with van der Waals surface area (Å²) < 4.78 is 0. The lowest BCUT2D eigenvalue weighted by molar-refractivity contribution is 0.292. The van der Waals surface area contributed by atoms with Crippen LogP contribution in [0.5, 0.6) is 0 Å². The molecule has 2 saturated carbocycles. The summed E-state index contributed by atoms with van der Waals surface area (Å²) in [5, 5.41) is 0. The van der Waals surface area contributed by atoms with Gasteiger partial charge in [-0.05, 0) is 63.2 Å². The van der Waals surface area contributed by atoms with Crippen molar-refractivity contribution in [3.05, 3.63) is 0 Å². The van der Waals surface area contributed by atoms with Gasteiger partial charge in [0.15, 0.2) is 0 Å². The van der Waals surface area contributed by atoms with Gasteiger partial charge in [-0.15, -0.1) is 0 Å². The van der Waals surface area contributed by atoms with Gasteiger partial charge in [0.2, 0.25) is 0 Å². The van der Waals surface area contributed by atoms with Crippen LogP contribution in [-0.2, 0) is 0 Å². The minimum Gasteiger partial charge on any atom is -0.0996 e. The Labute approximate surface area is 133 Å². The van der Waals surface area contributed by atoms with Crippen molar-refractivity contribution < 1.29 is 0 Å². The molecule has 0 heterocycles. The first kappa shape index (κ1) is 16.9. The van der Waals surface area contributed by atoms with E-state index in [2.05, 4.69) is 25.7 Å². The maximum atomic E-state index is 3.66. The van der Waals surface area contributed by atoms with Gasteiger partial charge in [-0.25, -0.2) is 0 Å². The van der Waals surface area contributed by atoms with E-state index in [1.165, 1.54) is 83.5 Å². The van der Waals surface area contributed by atoms with Crippen LogP contribution in [0.3, 0.4) is 0 Å². The first-order chi connectivity index (χ1) is 10.3. The molecule has 2 rings (SSSR count). The molecule has 21 heavy (non-hydrogen) atoms. The average molecular weight is 289 g/mol. The van der Waals surface area contributed by atoms with E-state index in [0.717, 1.165) is 23.7 Å². The van der Waals surface area contributed by atoms with Crippen molar-refractivity contribution in [3.8, 4) is 11.8 Å². The van der Waals surface area contributed by atoms with Gasteiger partial charge in [-0.1, -0.05) is 57.8 Å². The van der Waals surface area contributed by atoms with Crippen LogP contribution in [0.2, 0.25) is 0 Å². The number of hydrogen-bond donors (Lipinski definition) is 0. The fourth-order valence-corrected chi connectivity index (χ4v) is 4.33. The van der Waals surface area contributed by atoms with Gasteiger partial charge in [-0.3, -0.25) is 0 Å². The first-order valence-corrected chi connectivity index (χ1v) is 9.82. The summed E-state index contributed by atoms with van der Waals surface area (Å²) in [5.41, 5.74) is 0. The molecule has 0 amide bonds. The number of rotatable bonds is 5. The van der Waals surface area contributed by atoms with Crippen LogP contribution in [0.15, 0.2) is 0 Å². The molecule has 2 aliphatic rings. The molecule has 2 aliphatic carbocycles. The van der Waals surface area contributed by atoms with E-state index in [-0.39, 0.29) is 0 Å². The summed E-state index contributed by atoms with van der Waals surface area (Å²) in [4.78, 5) is 0. The molecule has 120 valence electrons. The summed E-state index contributed by atoms with van der Waals surface area (Å²) in [5.74, 6) is 10.8. The van der Waals surface area contributed by atoms with E-state index in [0.29, 0.717) is 0 Å². The molecule has 0 heteroatoms. The zero-order valence-corrected chi connectivity index (χ0v) is 14.5. The fourth-order valence-electron chi connectivity index (χ4n) is 4.33. The highest BCUT2D eigenvalue weighted by atomic mass is 14.3. The summed E-state index contributed by atoms with van der Waals surface area (Å²) in [7, 11) is 0. The third kappa shape index (κ3) is 6.06. The van der Waals surface area contributed by atoms with Crippen molar-refractivity contribution >= 4 is 0 Å². The summed E-state index contributed by atoms with van der Waals surface area (Å²) in [6.07, 6.45) is 18.4. The molecule has 0 nitrogen and oxygen atoms in total. The van der Waals surface area contributed by atoms with E-state index in [4.69, 9.17) is 0 Å². The molecule has 0 aromatic heterocycles. The van der Waals surface area contributed by atoms with Gasteiger partial charge < -0.3 is 0 Å². The fraction of sp³-hybridized carbons (Fsp3) is 0.905.